The van der Waals surface area contributed by atoms with Crippen molar-refractivity contribution in [3.63, 3.8) is 0 Å². The number of carbonyl (C=O) groups is 1. The Bertz CT molecular complexity index is 603. The number of nitrogens with one attached hydrogen (secondary N) is 1. The second-order valence-electron chi connectivity index (χ2n) is 5.11. The predicted octanol–water partition coefficient (Wildman–Crippen LogP) is 3.26. The predicted molar refractivity (Wildman–Crippen MR) is 85.4 cm³/mol. The van der Waals surface area contributed by atoms with Gasteiger partial charge in [0.05, 0.1) is 0 Å². The second-order valence-corrected chi connectivity index (χ2v) is 6.28. The van der Waals surface area contributed by atoms with Gasteiger partial charge in [0.1, 0.15) is 6.04 Å². The fourth-order valence-electron chi connectivity index (χ4n) is 2.65. The number of benzene rings is 2. The Morgan fingerprint density at radius 2 is 1.57 bits per heavy atom. The molecule has 2 N–H and O–H groups in total. The van der Waals surface area contributed by atoms with Crippen molar-refractivity contribution in [2.75, 3.05) is 5.75 Å². The first-order valence-electron chi connectivity index (χ1n) is 6.96. The highest BCUT2D eigenvalue weighted by Crippen LogP contribution is 2.43. The molecule has 2 aromatic rings. The number of hydrogen-bond acceptors (Lipinski definition) is 3. The van der Waals surface area contributed by atoms with Crippen molar-refractivity contribution >= 4 is 17.7 Å². The van der Waals surface area contributed by atoms with Gasteiger partial charge in [-0.25, -0.2) is 0 Å². The molecular formula is C17H17NO2S. The topological polar surface area (TPSA) is 49.3 Å². The highest BCUT2D eigenvalue weighted by Gasteiger charge is 2.35. The van der Waals surface area contributed by atoms with Gasteiger partial charge in [-0.3, -0.25) is 10.1 Å². The van der Waals surface area contributed by atoms with E-state index >= 15 is 0 Å². The Hall–Kier alpha value is -1.78. The van der Waals surface area contributed by atoms with E-state index in [0.29, 0.717) is 5.75 Å². The highest BCUT2D eigenvalue weighted by molar-refractivity contribution is 7.99. The fraction of sp³-hybridized carbons (Fsp3) is 0.235. The van der Waals surface area contributed by atoms with Crippen molar-refractivity contribution < 1.29 is 9.90 Å². The average Bonchev–Trinajstić information content (AvgIpc) is 2.56. The van der Waals surface area contributed by atoms with E-state index in [4.69, 9.17) is 0 Å². The number of aliphatic carboxylic acids is 1. The molecule has 0 saturated carbocycles. The van der Waals surface area contributed by atoms with Crippen LogP contribution in [0.15, 0.2) is 60.7 Å². The summed E-state index contributed by atoms with van der Waals surface area (Å²) >= 11 is 1.71. The minimum absolute atomic E-state index is 0.00782. The first-order chi connectivity index (χ1) is 10.3. The summed E-state index contributed by atoms with van der Waals surface area (Å²) in [4.78, 5) is 11.3. The smallest absolute Gasteiger partial charge is 0.321 e. The Morgan fingerprint density at radius 1 is 1.00 bits per heavy atom. The van der Waals surface area contributed by atoms with Crippen LogP contribution in [0.3, 0.4) is 0 Å². The minimum atomic E-state index is -0.782. The first-order valence-corrected chi connectivity index (χ1v) is 8.01. The van der Waals surface area contributed by atoms with Crippen LogP contribution in [0, 0.1) is 0 Å². The second kappa shape index (κ2) is 6.33. The van der Waals surface area contributed by atoms with Gasteiger partial charge in [-0.2, -0.15) is 0 Å². The van der Waals surface area contributed by atoms with E-state index < -0.39 is 12.0 Å². The maximum absolute atomic E-state index is 11.3. The molecule has 1 aliphatic rings. The van der Waals surface area contributed by atoms with E-state index in [0.717, 1.165) is 5.56 Å². The highest BCUT2D eigenvalue weighted by atomic mass is 32.2. The van der Waals surface area contributed by atoms with Gasteiger partial charge in [0, 0.05) is 17.0 Å². The van der Waals surface area contributed by atoms with E-state index in [1.807, 2.05) is 36.4 Å². The third kappa shape index (κ3) is 3.12. The molecule has 1 saturated heterocycles. The van der Waals surface area contributed by atoms with Crippen molar-refractivity contribution in [3.8, 4) is 0 Å². The zero-order valence-corrected chi connectivity index (χ0v) is 12.3. The Morgan fingerprint density at radius 3 is 2.14 bits per heavy atom. The molecule has 108 valence electrons. The summed E-state index contributed by atoms with van der Waals surface area (Å²) in [6, 6.07) is 19.9. The summed E-state index contributed by atoms with van der Waals surface area (Å²) in [5, 5.41) is 12.8. The minimum Gasteiger partial charge on any atom is -0.480 e. The molecule has 0 radical (unpaired) electrons. The Balaban J connectivity index is 1.93. The number of hydrogen-bond donors (Lipinski definition) is 2. The molecule has 0 spiro atoms. The lowest BCUT2D eigenvalue weighted by Crippen LogP contribution is -2.46. The van der Waals surface area contributed by atoms with Crippen LogP contribution >= 0.6 is 11.8 Å². The van der Waals surface area contributed by atoms with Gasteiger partial charge >= 0.3 is 5.97 Å². The molecule has 21 heavy (non-hydrogen) atoms. The van der Waals surface area contributed by atoms with Crippen molar-refractivity contribution in [2.45, 2.75) is 17.3 Å². The molecule has 3 atom stereocenters. The lowest BCUT2D eigenvalue weighted by atomic mass is 9.97. The van der Waals surface area contributed by atoms with Gasteiger partial charge in [0.15, 0.2) is 0 Å². The molecule has 0 aromatic heterocycles. The van der Waals surface area contributed by atoms with Crippen LogP contribution in [-0.2, 0) is 4.79 Å². The maximum atomic E-state index is 11.3. The summed E-state index contributed by atoms with van der Waals surface area (Å²) in [7, 11) is 0. The molecule has 0 bridgehead atoms. The van der Waals surface area contributed by atoms with Crippen LogP contribution in [0.2, 0.25) is 0 Å². The number of rotatable bonds is 3. The van der Waals surface area contributed by atoms with Gasteiger partial charge in [0.25, 0.3) is 0 Å². The molecule has 1 fully saturated rings. The van der Waals surface area contributed by atoms with Crippen molar-refractivity contribution in [1.82, 2.24) is 5.32 Å². The van der Waals surface area contributed by atoms with Gasteiger partial charge in [0.2, 0.25) is 0 Å². The van der Waals surface area contributed by atoms with Gasteiger partial charge < -0.3 is 5.11 Å². The van der Waals surface area contributed by atoms with Gasteiger partial charge in [-0.1, -0.05) is 60.7 Å². The van der Waals surface area contributed by atoms with Crippen molar-refractivity contribution in [3.05, 3.63) is 71.8 Å². The Kier molecular flexibility index (Phi) is 4.27. The number of carboxylic acids is 1. The standard InChI is InChI=1S/C17H17NO2S/c19-17(20)14-11-21-16(13-9-5-2-6-10-13)15(18-14)12-7-3-1-4-8-12/h1-10,14-16,18H,11H2,(H,19,20). The normalized spacial score (nSPS) is 25.4. The molecule has 0 amide bonds. The zero-order valence-electron chi connectivity index (χ0n) is 11.5. The summed E-state index contributed by atoms with van der Waals surface area (Å²) in [6.45, 7) is 0. The molecule has 3 rings (SSSR count). The average molecular weight is 299 g/mol. The van der Waals surface area contributed by atoms with E-state index in [2.05, 4.69) is 29.6 Å². The summed E-state index contributed by atoms with van der Waals surface area (Å²) < 4.78 is 0. The Labute approximate surface area is 128 Å². The van der Waals surface area contributed by atoms with Crippen LogP contribution < -0.4 is 5.32 Å². The molecule has 3 nitrogen and oxygen atoms in total. The number of thioether (sulfide) groups is 1. The van der Waals surface area contributed by atoms with Crippen LogP contribution in [0.4, 0.5) is 0 Å². The van der Waals surface area contributed by atoms with Crippen LogP contribution in [0.5, 0.6) is 0 Å². The first kappa shape index (κ1) is 14.2. The summed E-state index contributed by atoms with van der Waals surface area (Å²) in [5.74, 6) is -0.201. The van der Waals surface area contributed by atoms with Gasteiger partial charge in [-0.15, -0.1) is 11.8 Å². The van der Waals surface area contributed by atoms with Crippen molar-refractivity contribution in [1.29, 1.82) is 0 Å². The van der Waals surface area contributed by atoms with E-state index in [1.54, 1.807) is 11.8 Å². The van der Waals surface area contributed by atoms with Crippen LogP contribution in [-0.4, -0.2) is 22.9 Å². The molecule has 2 aromatic carbocycles. The van der Waals surface area contributed by atoms with E-state index in [9.17, 15) is 9.90 Å². The largest absolute Gasteiger partial charge is 0.480 e. The molecular weight excluding hydrogens is 282 g/mol. The summed E-state index contributed by atoms with van der Waals surface area (Å²) in [5.41, 5.74) is 2.36. The molecule has 0 aliphatic carbocycles. The van der Waals surface area contributed by atoms with Crippen molar-refractivity contribution in [2.24, 2.45) is 0 Å². The van der Waals surface area contributed by atoms with Crippen LogP contribution in [0.25, 0.3) is 0 Å². The number of carboxylic acid groups (broad SMARTS) is 1. The third-order valence-corrected chi connectivity index (χ3v) is 5.14. The maximum Gasteiger partial charge on any atom is 0.321 e. The quantitative estimate of drug-likeness (QED) is 0.913. The lowest BCUT2D eigenvalue weighted by Gasteiger charge is -2.36. The monoisotopic (exact) mass is 299 g/mol. The summed E-state index contributed by atoms with van der Waals surface area (Å²) in [6.07, 6.45) is 0. The van der Waals surface area contributed by atoms with Gasteiger partial charge in [-0.05, 0) is 11.1 Å². The molecule has 4 heteroatoms. The fourth-order valence-corrected chi connectivity index (χ4v) is 4.07. The lowest BCUT2D eigenvalue weighted by molar-refractivity contribution is -0.139. The molecule has 1 heterocycles. The van der Waals surface area contributed by atoms with E-state index in [1.165, 1.54) is 5.56 Å². The molecule has 3 unspecified atom stereocenters. The van der Waals surface area contributed by atoms with Crippen LogP contribution in [0.1, 0.15) is 22.4 Å². The zero-order chi connectivity index (χ0) is 14.7. The SMILES string of the molecule is O=C(O)C1CSC(c2ccccc2)C(c2ccccc2)N1. The molecule has 1 aliphatic heterocycles. The third-order valence-electron chi connectivity index (χ3n) is 3.71. The van der Waals surface area contributed by atoms with E-state index in [-0.39, 0.29) is 11.3 Å².